The lowest BCUT2D eigenvalue weighted by Crippen LogP contribution is -2.60. The number of rotatable bonds is 0. The largest absolute Gasteiger partial charge is 0.297 e. The molecule has 0 saturated carbocycles. The van der Waals surface area contributed by atoms with Gasteiger partial charge < -0.3 is 0 Å². The van der Waals surface area contributed by atoms with Crippen molar-refractivity contribution in [2.45, 2.75) is 13.8 Å². The van der Waals surface area contributed by atoms with E-state index in [0.717, 1.165) is 22.7 Å². The fraction of sp³-hybridized carbons (Fsp3) is 0.0556. The molecule has 0 N–H and O–H groups in total. The minimum atomic E-state index is 0.111. The van der Waals surface area contributed by atoms with Gasteiger partial charge in [0, 0.05) is 11.4 Å². The third-order valence-electron chi connectivity index (χ3n) is 10.4. The molecule has 41 heavy (non-hydrogen) atoms. The Kier molecular flexibility index (Phi) is 2.88. The maximum atomic E-state index is 5.21. The van der Waals surface area contributed by atoms with Crippen molar-refractivity contribution in [3.05, 3.63) is 113 Å². The SMILES string of the molecule is Cc1nc2cc3c4c5c2n1-c1cccc2c1B5c1c5c(cc6nc(C)n-2c16)-c1ccccc1C5=C4c1ccccc1-3. The van der Waals surface area contributed by atoms with E-state index in [9.17, 15) is 0 Å². The molecule has 4 nitrogen and oxygen atoms in total. The molecule has 3 aliphatic heterocycles. The summed E-state index contributed by atoms with van der Waals surface area (Å²) in [4.78, 5) is 10.4. The van der Waals surface area contributed by atoms with Gasteiger partial charge in [0.25, 0.3) is 6.71 Å². The smallest absolute Gasteiger partial charge is 0.254 e. The Hall–Kier alpha value is -5.16. The number of aryl methyl sites for hydroxylation is 2. The van der Waals surface area contributed by atoms with Gasteiger partial charge in [0.15, 0.2) is 0 Å². The van der Waals surface area contributed by atoms with E-state index in [1.165, 1.54) is 94.5 Å². The summed E-state index contributed by atoms with van der Waals surface area (Å²) >= 11 is 0. The molecule has 0 atom stereocenters. The van der Waals surface area contributed by atoms with E-state index < -0.39 is 0 Å². The third kappa shape index (κ3) is 1.84. The number of imidazole rings is 2. The normalized spacial score (nSPS) is 14.9. The van der Waals surface area contributed by atoms with E-state index in [-0.39, 0.29) is 6.71 Å². The van der Waals surface area contributed by atoms with Gasteiger partial charge in [-0.3, -0.25) is 9.13 Å². The second-order valence-corrected chi connectivity index (χ2v) is 12.1. The Bertz CT molecular complexity index is 2390. The summed E-state index contributed by atoms with van der Waals surface area (Å²) in [6, 6.07) is 29.6. The molecule has 7 aromatic rings. The van der Waals surface area contributed by atoms with Gasteiger partial charge in [-0.15, -0.1) is 0 Å². The van der Waals surface area contributed by atoms with Gasteiger partial charge in [0.05, 0.1) is 22.1 Å². The molecule has 0 fully saturated rings. The van der Waals surface area contributed by atoms with Gasteiger partial charge >= 0.3 is 0 Å². The lowest BCUT2D eigenvalue weighted by molar-refractivity contribution is 0.981. The van der Waals surface area contributed by atoms with Crippen molar-refractivity contribution in [2.24, 2.45) is 0 Å². The molecule has 12 rings (SSSR count). The third-order valence-corrected chi connectivity index (χ3v) is 10.4. The van der Waals surface area contributed by atoms with Crippen molar-refractivity contribution in [2.75, 3.05) is 0 Å². The number of hydrogen-bond acceptors (Lipinski definition) is 2. The monoisotopic (exact) mass is 518 g/mol. The van der Waals surface area contributed by atoms with Crippen LogP contribution >= 0.6 is 0 Å². The fourth-order valence-electron chi connectivity index (χ4n) is 9.21. The minimum absolute atomic E-state index is 0.111. The molecule has 5 heterocycles. The molecule has 0 amide bonds. The van der Waals surface area contributed by atoms with E-state index in [1.54, 1.807) is 0 Å². The van der Waals surface area contributed by atoms with Crippen molar-refractivity contribution in [3.8, 4) is 33.6 Å². The molecule has 0 spiro atoms. The summed E-state index contributed by atoms with van der Waals surface area (Å²) in [6.07, 6.45) is 0. The van der Waals surface area contributed by atoms with Gasteiger partial charge in [-0.05, 0) is 110 Å². The van der Waals surface area contributed by atoms with Crippen molar-refractivity contribution < 1.29 is 0 Å². The Morgan fingerprint density at radius 2 is 0.976 bits per heavy atom. The zero-order chi connectivity index (χ0) is 26.5. The molecule has 5 aliphatic rings. The minimum Gasteiger partial charge on any atom is -0.297 e. The van der Waals surface area contributed by atoms with Gasteiger partial charge in [-0.2, -0.15) is 0 Å². The summed E-state index contributed by atoms with van der Waals surface area (Å²) in [5, 5.41) is 0. The lowest BCUT2D eigenvalue weighted by Gasteiger charge is -2.34. The molecule has 5 aromatic carbocycles. The standard InChI is InChI=1S/C36H19BN4/c1-16-38-24-14-22-18-8-3-5-10-20(18)28-29-21-11-6-4-9-19(21)23-15-25-36-34(31(23)29)37-32-26(40(16)35(24)33(37)30(22)28)12-7-13-27(32)41(36)17(2)39-25/h3-15H,1-2H3. The summed E-state index contributed by atoms with van der Waals surface area (Å²) in [5.74, 6) is 2.08. The van der Waals surface area contributed by atoms with Crippen molar-refractivity contribution >= 4 is 56.3 Å². The highest BCUT2D eigenvalue weighted by atomic mass is 15.1. The Labute approximate surface area is 235 Å². The summed E-state index contributed by atoms with van der Waals surface area (Å²) < 4.78 is 4.87. The second-order valence-electron chi connectivity index (χ2n) is 12.1. The van der Waals surface area contributed by atoms with Crippen LogP contribution in [-0.4, -0.2) is 25.8 Å². The first-order valence-electron chi connectivity index (χ1n) is 14.4. The average Bonchev–Trinajstić information content (AvgIpc) is 3.68. The van der Waals surface area contributed by atoms with E-state index >= 15 is 0 Å². The summed E-state index contributed by atoms with van der Waals surface area (Å²) in [6.45, 7) is 4.43. The van der Waals surface area contributed by atoms with Crippen LogP contribution < -0.4 is 16.4 Å². The van der Waals surface area contributed by atoms with Gasteiger partial charge in [-0.1, -0.05) is 54.6 Å². The fourth-order valence-corrected chi connectivity index (χ4v) is 9.21. The predicted molar refractivity (Wildman–Crippen MR) is 166 cm³/mol. The first-order chi connectivity index (χ1) is 20.2. The highest BCUT2D eigenvalue weighted by molar-refractivity contribution is 7.01. The Morgan fingerprint density at radius 3 is 1.46 bits per heavy atom. The zero-order valence-corrected chi connectivity index (χ0v) is 22.4. The first kappa shape index (κ1) is 19.8. The quantitative estimate of drug-likeness (QED) is 0.252. The topological polar surface area (TPSA) is 35.6 Å². The maximum absolute atomic E-state index is 5.21. The molecule has 186 valence electrons. The molecular weight excluding hydrogens is 499 g/mol. The van der Waals surface area contributed by atoms with Crippen LogP contribution in [0.25, 0.3) is 66.8 Å². The van der Waals surface area contributed by atoms with Crippen LogP contribution in [0.1, 0.15) is 33.9 Å². The van der Waals surface area contributed by atoms with Crippen LogP contribution in [0.15, 0.2) is 78.9 Å². The highest BCUT2D eigenvalue weighted by Gasteiger charge is 2.50. The van der Waals surface area contributed by atoms with E-state index in [4.69, 9.17) is 9.97 Å². The summed E-state index contributed by atoms with van der Waals surface area (Å²) in [7, 11) is 0. The maximum Gasteiger partial charge on any atom is 0.254 e. The molecule has 0 saturated heterocycles. The predicted octanol–water partition coefficient (Wildman–Crippen LogP) is 5.41. The highest BCUT2D eigenvalue weighted by Crippen LogP contribution is 2.56. The van der Waals surface area contributed by atoms with Crippen LogP contribution in [0.4, 0.5) is 0 Å². The lowest BCUT2D eigenvalue weighted by atomic mass is 9.33. The number of hydrogen-bond donors (Lipinski definition) is 0. The molecule has 2 aromatic heterocycles. The second kappa shape index (κ2) is 5.96. The molecule has 5 heteroatoms. The van der Waals surface area contributed by atoms with Crippen LogP contribution in [0.5, 0.6) is 0 Å². The van der Waals surface area contributed by atoms with E-state index in [0.29, 0.717) is 0 Å². The molecular formula is C36H19BN4. The molecule has 2 aliphatic carbocycles. The van der Waals surface area contributed by atoms with E-state index in [2.05, 4.69) is 102 Å². The first-order valence-corrected chi connectivity index (χ1v) is 14.4. The molecule has 0 bridgehead atoms. The van der Waals surface area contributed by atoms with Crippen LogP contribution in [0, 0.1) is 13.8 Å². The zero-order valence-electron chi connectivity index (χ0n) is 22.4. The van der Waals surface area contributed by atoms with Gasteiger partial charge in [0.1, 0.15) is 11.6 Å². The van der Waals surface area contributed by atoms with Crippen molar-refractivity contribution in [1.82, 2.24) is 19.1 Å². The van der Waals surface area contributed by atoms with Gasteiger partial charge in [0.2, 0.25) is 0 Å². The Morgan fingerprint density at radius 1 is 0.512 bits per heavy atom. The summed E-state index contributed by atoms with van der Waals surface area (Å²) in [5.41, 5.74) is 25.0. The number of fused-ring (bicyclic) bond motifs is 8. The van der Waals surface area contributed by atoms with E-state index in [1.807, 2.05) is 0 Å². The van der Waals surface area contributed by atoms with Crippen molar-refractivity contribution in [3.63, 3.8) is 0 Å². The van der Waals surface area contributed by atoms with Gasteiger partial charge in [-0.25, -0.2) is 9.97 Å². The van der Waals surface area contributed by atoms with Crippen molar-refractivity contribution in [1.29, 1.82) is 0 Å². The van der Waals surface area contributed by atoms with Crippen LogP contribution in [0.3, 0.4) is 0 Å². The average molecular weight is 518 g/mol. The molecule has 0 unspecified atom stereocenters. The number of benzene rings is 5. The number of nitrogens with zero attached hydrogens (tertiary/aromatic N) is 4. The van der Waals surface area contributed by atoms with Crippen LogP contribution in [-0.2, 0) is 0 Å². The molecule has 0 radical (unpaired) electrons. The number of aromatic nitrogens is 4. The van der Waals surface area contributed by atoms with Crippen LogP contribution in [0.2, 0.25) is 0 Å². The Balaban J connectivity index is 1.47.